The van der Waals surface area contributed by atoms with Crippen LogP contribution in [0.5, 0.6) is 11.5 Å². The van der Waals surface area contributed by atoms with E-state index in [1.165, 1.54) is 43.4 Å². The van der Waals surface area contributed by atoms with Crippen molar-refractivity contribution in [3.63, 3.8) is 0 Å². The zero-order valence-corrected chi connectivity index (χ0v) is 16.5. The summed E-state index contributed by atoms with van der Waals surface area (Å²) in [6, 6.07) is 7.71. The van der Waals surface area contributed by atoms with Gasteiger partial charge in [-0.1, -0.05) is 19.3 Å². The lowest BCUT2D eigenvalue weighted by Crippen LogP contribution is -2.39. The average Bonchev–Trinajstić information content (AvgIpc) is 3.36. The normalized spacial score (nSPS) is 21.4. The molecule has 1 aromatic carbocycles. The molecule has 1 aliphatic heterocycles. The van der Waals surface area contributed by atoms with E-state index < -0.39 is 0 Å². The molecule has 4 rings (SSSR count). The standard InChI is InChI=1S/C21H26N2O3S/c1-25-17-5-7-18(8-6-17)26-12-16-11-21(9-3-2-4-10-21)14-23(16)20(24)19-13-27-15-22-19/h5-8,13,15-16H,2-4,9-12,14H2,1H3. The number of rotatable bonds is 5. The fraction of sp³-hybridized carbons (Fsp3) is 0.524. The number of carbonyl (C=O) groups excluding carboxylic acids is 1. The quantitative estimate of drug-likeness (QED) is 0.764. The van der Waals surface area contributed by atoms with Crippen LogP contribution >= 0.6 is 11.3 Å². The first-order valence-corrected chi connectivity index (χ1v) is 10.6. The molecule has 1 spiro atoms. The first-order chi connectivity index (χ1) is 13.2. The van der Waals surface area contributed by atoms with Crippen molar-refractivity contribution in [3.05, 3.63) is 40.8 Å². The van der Waals surface area contributed by atoms with Crippen molar-refractivity contribution in [1.82, 2.24) is 9.88 Å². The van der Waals surface area contributed by atoms with E-state index in [1.54, 1.807) is 12.6 Å². The third kappa shape index (κ3) is 3.95. The number of methoxy groups -OCH3 is 1. The fourth-order valence-electron chi connectivity index (χ4n) is 4.55. The van der Waals surface area contributed by atoms with Gasteiger partial charge in [-0.2, -0.15) is 0 Å². The SMILES string of the molecule is COc1ccc(OCC2CC3(CCCCC3)CN2C(=O)c2cscn2)cc1. The van der Waals surface area contributed by atoms with Gasteiger partial charge in [0.15, 0.2) is 0 Å². The van der Waals surface area contributed by atoms with Crippen molar-refractivity contribution in [1.29, 1.82) is 0 Å². The van der Waals surface area contributed by atoms with E-state index in [0.29, 0.717) is 12.3 Å². The van der Waals surface area contributed by atoms with Gasteiger partial charge in [0.25, 0.3) is 5.91 Å². The third-order valence-corrected chi connectivity index (χ3v) is 6.53. The highest BCUT2D eigenvalue weighted by molar-refractivity contribution is 7.07. The largest absolute Gasteiger partial charge is 0.497 e. The maximum Gasteiger partial charge on any atom is 0.273 e. The Balaban J connectivity index is 1.48. The molecule has 1 aromatic heterocycles. The molecule has 5 nitrogen and oxygen atoms in total. The molecule has 1 saturated heterocycles. The summed E-state index contributed by atoms with van der Waals surface area (Å²) < 4.78 is 11.3. The highest BCUT2D eigenvalue weighted by atomic mass is 32.1. The van der Waals surface area contributed by atoms with Crippen molar-refractivity contribution >= 4 is 17.2 Å². The molecule has 0 bridgehead atoms. The van der Waals surface area contributed by atoms with E-state index in [0.717, 1.165) is 24.5 Å². The summed E-state index contributed by atoms with van der Waals surface area (Å²) in [4.78, 5) is 19.3. The smallest absolute Gasteiger partial charge is 0.273 e. The lowest BCUT2D eigenvalue weighted by atomic mass is 9.73. The number of hydrogen-bond donors (Lipinski definition) is 0. The Hall–Kier alpha value is -2.08. The van der Waals surface area contributed by atoms with Gasteiger partial charge in [-0.25, -0.2) is 4.98 Å². The van der Waals surface area contributed by atoms with Crippen LogP contribution in [0.3, 0.4) is 0 Å². The van der Waals surface area contributed by atoms with Gasteiger partial charge >= 0.3 is 0 Å². The molecule has 6 heteroatoms. The minimum Gasteiger partial charge on any atom is -0.497 e. The van der Waals surface area contributed by atoms with Crippen LogP contribution < -0.4 is 9.47 Å². The van der Waals surface area contributed by atoms with Gasteiger partial charge in [0.2, 0.25) is 0 Å². The molecule has 2 fully saturated rings. The first kappa shape index (κ1) is 18.3. The van der Waals surface area contributed by atoms with Gasteiger partial charge in [0.1, 0.15) is 23.8 Å². The number of nitrogens with zero attached hydrogens (tertiary/aromatic N) is 2. The summed E-state index contributed by atoms with van der Waals surface area (Å²) in [7, 11) is 1.65. The molecule has 2 heterocycles. The van der Waals surface area contributed by atoms with Crippen molar-refractivity contribution in [2.75, 3.05) is 20.3 Å². The molecule has 1 amide bonds. The van der Waals surface area contributed by atoms with Crippen LogP contribution in [-0.2, 0) is 0 Å². The molecule has 0 N–H and O–H groups in total. The van der Waals surface area contributed by atoms with Crippen LogP contribution in [0, 0.1) is 5.41 Å². The second-order valence-corrected chi connectivity index (χ2v) is 8.43. The monoisotopic (exact) mass is 386 g/mol. The Kier molecular flexibility index (Phi) is 5.34. The van der Waals surface area contributed by atoms with Crippen molar-refractivity contribution in [3.8, 4) is 11.5 Å². The zero-order chi connectivity index (χ0) is 18.7. The topological polar surface area (TPSA) is 51.7 Å². The Bertz CT molecular complexity index is 754. The Labute approximate surface area is 164 Å². The zero-order valence-electron chi connectivity index (χ0n) is 15.7. The maximum absolute atomic E-state index is 13.0. The van der Waals surface area contributed by atoms with Crippen LogP contribution in [0.4, 0.5) is 0 Å². The number of ether oxygens (including phenoxy) is 2. The summed E-state index contributed by atoms with van der Waals surface area (Å²) in [5, 5.41) is 1.84. The second kappa shape index (κ2) is 7.89. The van der Waals surface area contributed by atoms with E-state index in [-0.39, 0.29) is 17.4 Å². The fourth-order valence-corrected chi connectivity index (χ4v) is 5.07. The number of amides is 1. The van der Waals surface area contributed by atoms with E-state index in [1.807, 2.05) is 34.5 Å². The summed E-state index contributed by atoms with van der Waals surface area (Å²) in [6.45, 7) is 1.35. The molecular weight excluding hydrogens is 360 g/mol. The van der Waals surface area contributed by atoms with Crippen molar-refractivity contribution in [2.24, 2.45) is 5.41 Å². The predicted octanol–water partition coefficient (Wildman–Crippen LogP) is 4.40. The molecular formula is C21H26N2O3S. The number of likely N-dealkylation sites (tertiary alicyclic amines) is 1. The molecule has 1 saturated carbocycles. The predicted molar refractivity (Wildman–Crippen MR) is 106 cm³/mol. The Morgan fingerprint density at radius 1 is 1.22 bits per heavy atom. The number of aromatic nitrogens is 1. The molecule has 2 aromatic rings. The number of benzene rings is 1. The van der Waals surface area contributed by atoms with E-state index in [2.05, 4.69) is 4.98 Å². The Morgan fingerprint density at radius 3 is 2.63 bits per heavy atom. The third-order valence-electron chi connectivity index (χ3n) is 5.94. The van der Waals surface area contributed by atoms with E-state index in [4.69, 9.17) is 9.47 Å². The van der Waals surface area contributed by atoms with Crippen LogP contribution in [-0.4, -0.2) is 42.1 Å². The van der Waals surface area contributed by atoms with Gasteiger partial charge in [-0.15, -0.1) is 11.3 Å². The molecule has 1 atom stereocenters. The summed E-state index contributed by atoms with van der Waals surface area (Å²) in [5.74, 6) is 1.66. The summed E-state index contributed by atoms with van der Waals surface area (Å²) in [6.07, 6.45) is 7.31. The van der Waals surface area contributed by atoms with Gasteiger partial charge in [-0.05, 0) is 48.9 Å². The van der Waals surface area contributed by atoms with Crippen LogP contribution in [0.2, 0.25) is 0 Å². The molecule has 27 heavy (non-hydrogen) atoms. The lowest BCUT2D eigenvalue weighted by Gasteiger charge is -2.33. The average molecular weight is 387 g/mol. The summed E-state index contributed by atoms with van der Waals surface area (Å²) in [5.41, 5.74) is 2.54. The highest BCUT2D eigenvalue weighted by Crippen LogP contribution is 2.46. The van der Waals surface area contributed by atoms with Gasteiger partial charge in [0, 0.05) is 11.9 Å². The lowest BCUT2D eigenvalue weighted by molar-refractivity contribution is 0.0669. The maximum atomic E-state index is 13.0. The van der Waals surface area contributed by atoms with E-state index in [9.17, 15) is 4.79 Å². The van der Waals surface area contributed by atoms with Gasteiger partial charge in [0.05, 0.1) is 18.7 Å². The molecule has 1 unspecified atom stereocenters. The van der Waals surface area contributed by atoms with Crippen LogP contribution in [0.1, 0.15) is 49.0 Å². The minimum atomic E-state index is 0.0435. The van der Waals surface area contributed by atoms with Crippen LogP contribution in [0.25, 0.3) is 0 Å². The van der Waals surface area contributed by atoms with Gasteiger partial charge < -0.3 is 14.4 Å². The molecule has 0 radical (unpaired) electrons. The molecule has 2 aliphatic rings. The van der Waals surface area contributed by atoms with Crippen molar-refractivity contribution in [2.45, 2.75) is 44.6 Å². The first-order valence-electron chi connectivity index (χ1n) is 9.65. The number of thiazole rings is 1. The molecule has 1 aliphatic carbocycles. The second-order valence-electron chi connectivity index (χ2n) is 7.71. The number of carbonyl (C=O) groups is 1. The summed E-state index contributed by atoms with van der Waals surface area (Å²) >= 11 is 1.47. The molecule has 144 valence electrons. The van der Waals surface area contributed by atoms with Gasteiger partial charge in [-0.3, -0.25) is 4.79 Å². The Morgan fingerprint density at radius 2 is 1.96 bits per heavy atom. The van der Waals surface area contributed by atoms with Crippen molar-refractivity contribution < 1.29 is 14.3 Å². The number of hydrogen-bond acceptors (Lipinski definition) is 5. The highest BCUT2D eigenvalue weighted by Gasteiger charge is 2.46. The minimum absolute atomic E-state index is 0.0435. The van der Waals surface area contributed by atoms with E-state index >= 15 is 0 Å². The van der Waals surface area contributed by atoms with Crippen LogP contribution in [0.15, 0.2) is 35.2 Å².